The van der Waals surface area contributed by atoms with Gasteiger partial charge in [-0.25, -0.2) is 4.79 Å². The zero-order chi connectivity index (χ0) is 22.6. The van der Waals surface area contributed by atoms with Crippen molar-refractivity contribution in [1.82, 2.24) is 15.3 Å². The second-order valence-corrected chi connectivity index (χ2v) is 7.77. The maximum Gasteiger partial charge on any atom is 0.411 e. The number of carbonyl (C=O) groups is 2. The number of benzene rings is 2. The minimum Gasteiger partial charge on any atom is -0.444 e. The van der Waals surface area contributed by atoms with Gasteiger partial charge < -0.3 is 15.0 Å². The topological polar surface area (TPSA) is 96.1 Å². The monoisotopic (exact) mass is 438 g/mol. The van der Waals surface area contributed by atoms with Crippen LogP contribution < -0.4 is 10.6 Å². The lowest BCUT2D eigenvalue weighted by Gasteiger charge is -2.11. The Labute approximate surface area is 190 Å². The number of carbonyl (C=O) groups excluding carboxylic acids is 2. The maximum atomic E-state index is 12.1. The zero-order valence-electron chi connectivity index (χ0n) is 17.8. The maximum absolute atomic E-state index is 12.1. The van der Waals surface area contributed by atoms with Crippen molar-refractivity contribution in [2.75, 3.05) is 11.9 Å². The van der Waals surface area contributed by atoms with Crippen LogP contribution in [0.5, 0.6) is 0 Å². The second kappa shape index (κ2) is 9.00. The molecule has 1 aliphatic rings. The van der Waals surface area contributed by atoms with Gasteiger partial charge in [-0.05, 0) is 35.9 Å². The van der Waals surface area contributed by atoms with Crippen LogP contribution in [0.1, 0.15) is 21.6 Å². The minimum atomic E-state index is -0.508. The molecule has 1 aliphatic heterocycles. The minimum absolute atomic E-state index is 0.0431. The first-order chi connectivity index (χ1) is 16.2. The molecule has 0 radical (unpaired) electrons. The molecule has 0 unspecified atom stereocenters. The summed E-state index contributed by atoms with van der Waals surface area (Å²) in [6.45, 7) is 0.860. The number of nitrogens with zero attached hydrogens (tertiary/aromatic N) is 1. The number of anilines is 1. The Morgan fingerprint density at radius 1 is 1.00 bits per heavy atom. The predicted molar refractivity (Wildman–Crippen MR) is 126 cm³/mol. The van der Waals surface area contributed by atoms with Crippen molar-refractivity contribution in [1.29, 1.82) is 0 Å². The van der Waals surface area contributed by atoms with Crippen molar-refractivity contribution in [2.45, 2.75) is 13.0 Å². The van der Waals surface area contributed by atoms with Crippen molar-refractivity contribution in [3.8, 4) is 22.5 Å². The van der Waals surface area contributed by atoms with Gasteiger partial charge in [0.05, 0.1) is 11.3 Å². The molecule has 0 spiro atoms. The van der Waals surface area contributed by atoms with E-state index in [0.29, 0.717) is 17.8 Å². The van der Waals surface area contributed by atoms with E-state index in [4.69, 9.17) is 4.74 Å². The third kappa shape index (κ3) is 4.62. The smallest absolute Gasteiger partial charge is 0.411 e. The summed E-state index contributed by atoms with van der Waals surface area (Å²) in [6.07, 6.45) is 2.03. The van der Waals surface area contributed by atoms with Gasteiger partial charge in [0.1, 0.15) is 6.61 Å². The van der Waals surface area contributed by atoms with Crippen LogP contribution in [0.25, 0.3) is 22.5 Å². The van der Waals surface area contributed by atoms with Crippen LogP contribution in [-0.4, -0.2) is 28.5 Å². The molecule has 0 fully saturated rings. The van der Waals surface area contributed by atoms with E-state index in [-0.39, 0.29) is 12.5 Å². The summed E-state index contributed by atoms with van der Waals surface area (Å²) in [5.41, 5.74) is 6.77. The quantitative estimate of drug-likeness (QED) is 0.418. The normalized spacial score (nSPS) is 12.5. The highest BCUT2D eigenvalue weighted by molar-refractivity contribution is 5.97. The number of hydrogen-bond donors (Lipinski definition) is 3. The summed E-state index contributed by atoms with van der Waals surface area (Å²) in [5.74, 6) is -0.0431. The van der Waals surface area contributed by atoms with Crippen molar-refractivity contribution in [2.24, 2.45) is 0 Å². The van der Waals surface area contributed by atoms with Crippen molar-refractivity contribution < 1.29 is 14.3 Å². The van der Waals surface area contributed by atoms with Gasteiger partial charge in [0, 0.05) is 47.4 Å². The van der Waals surface area contributed by atoms with Crippen LogP contribution >= 0.6 is 0 Å². The number of hydrogen-bond acceptors (Lipinski definition) is 4. The average molecular weight is 438 g/mol. The van der Waals surface area contributed by atoms with Gasteiger partial charge in [-0.1, -0.05) is 42.5 Å². The molecule has 0 aliphatic carbocycles. The Balaban J connectivity index is 1.27. The van der Waals surface area contributed by atoms with E-state index < -0.39 is 6.09 Å². The summed E-state index contributed by atoms with van der Waals surface area (Å²) in [6, 6.07) is 22.7. The number of fused-ring (bicyclic) bond motifs is 1. The fraction of sp³-hybridized carbons (Fsp3) is 0.115. The number of H-pyrrole nitrogens is 1. The molecular weight excluding hydrogens is 416 g/mol. The molecule has 0 bridgehead atoms. The van der Waals surface area contributed by atoms with Crippen LogP contribution in [0.2, 0.25) is 0 Å². The van der Waals surface area contributed by atoms with E-state index in [0.717, 1.165) is 40.2 Å². The molecule has 2 aromatic heterocycles. The lowest BCUT2D eigenvalue weighted by Crippen LogP contribution is -2.31. The van der Waals surface area contributed by atoms with E-state index in [9.17, 15) is 9.59 Å². The van der Waals surface area contributed by atoms with Gasteiger partial charge in [-0.2, -0.15) is 0 Å². The molecule has 2 amide bonds. The number of pyridine rings is 1. The molecule has 0 saturated carbocycles. The highest BCUT2D eigenvalue weighted by atomic mass is 16.5. The largest absolute Gasteiger partial charge is 0.444 e. The molecule has 33 heavy (non-hydrogen) atoms. The Morgan fingerprint density at radius 3 is 2.61 bits per heavy atom. The molecule has 164 valence electrons. The molecular formula is C26H22N4O3. The fourth-order valence-electron chi connectivity index (χ4n) is 3.81. The van der Waals surface area contributed by atoms with E-state index in [1.165, 1.54) is 0 Å². The summed E-state index contributed by atoms with van der Waals surface area (Å²) in [4.78, 5) is 32.0. The first-order valence-corrected chi connectivity index (χ1v) is 10.7. The number of aromatic nitrogens is 2. The van der Waals surface area contributed by atoms with Crippen molar-refractivity contribution >= 4 is 17.7 Å². The molecule has 7 nitrogen and oxygen atoms in total. The highest BCUT2D eigenvalue weighted by Crippen LogP contribution is 2.27. The molecule has 0 atom stereocenters. The van der Waals surface area contributed by atoms with Crippen LogP contribution in [0.3, 0.4) is 0 Å². The summed E-state index contributed by atoms with van der Waals surface area (Å²) in [5, 5.41) is 5.60. The van der Waals surface area contributed by atoms with Gasteiger partial charge >= 0.3 is 6.09 Å². The molecule has 0 saturated heterocycles. The first-order valence-electron chi connectivity index (χ1n) is 10.7. The fourth-order valence-corrected chi connectivity index (χ4v) is 3.81. The van der Waals surface area contributed by atoms with Gasteiger partial charge in [-0.15, -0.1) is 0 Å². The standard InChI is InChI=1S/C26H22N4O3/c31-25-21-15-24(30-22(21)11-13-28-25)19-10-12-27-23(14-19)18-6-8-20(9-7-18)29-26(32)33-16-17-4-2-1-3-5-17/h1-10,12,14-15,30H,11,13,16H2,(H,28,31)(H,29,32). The lowest BCUT2D eigenvalue weighted by molar-refractivity contribution is 0.0946. The van der Waals surface area contributed by atoms with Gasteiger partial charge in [-0.3, -0.25) is 15.1 Å². The Hall–Kier alpha value is -4.39. The number of aromatic amines is 1. The SMILES string of the molecule is O=C(Nc1ccc(-c2cc(-c3cc4c([nH]3)CCNC4=O)ccn2)cc1)OCc1ccccc1. The van der Waals surface area contributed by atoms with Gasteiger partial charge in [0.25, 0.3) is 5.91 Å². The Kier molecular flexibility index (Phi) is 5.59. The first kappa shape index (κ1) is 20.5. The van der Waals surface area contributed by atoms with E-state index in [1.807, 2.05) is 72.8 Å². The lowest BCUT2D eigenvalue weighted by atomic mass is 10.1. The number of rotatable bonds is 5. The Morgan fingerprint density at radius 2 is 1.82 bits per heavy atom. The van der Waals surface area contributed by atoms with Crippen LogP contribution in [0.15, 0.2) is 79.0 Å². The third-order valence-corrected chi connectivity index (χ3v) is 5.52. The van der Waals surface area contributed by atoms with Crippen LogP contribution in [0.4, 0.5) is 10.5 Å². The molecule has 3 N–H and O–H groups in total. The van der Waals surface area contributed by atoms with Crippen molar-refractivity contribution in [3.05, 3.63) is 95.8 Å². The van der Waals surface area contributed by atoms with Crippen molar-refractivity contribution in [3.63, 3.8) is 0 Å². The van der Waals surface area contributed by atoms with Gasteiger partial charge in [0.15, 0.2) is 0 Å². The third-order valence-electron chi connectivity index (χ3n) is 5.52. The summed E-state index contributed by atoms with van der Waals surface area (Å²) in [7, 11) is 0. The molecule has 2 aromatic carbocycles. The number of nitrogens with one attached hydrogen (secondary N) is 3. The van der Waals surface area contributed by atoms with E-state index in [1.54, 1.807) is 6.20 Å². The molecule has 5 rings (SSSR count). The Bertz CT molecular complexity index is 1300. The van der Waals surface area contributed by atoms with Crippen LogP contribution in [-0.2, 0) is 17.8 Å². The van der Waals surface area contributed by atoms with Crippen LogP contribution in [0, 0.1) is 0 Å². The highest BCUT2D eigenvalue weighted by Gasteiger charge is 2.20. The summed E-state index contributed by atoms with van der Waals surface area (Å²) >= 11 is 0. The average Bonchev–Trinajstić information content (AvgIpc) is 3.30. The molecule has 3 heterocycles. The molecule has 4 aromatic rings. The second-order valence-electron chi connectivity index (χ2n) is 7.77. The van der Waals surface area contributed by atoms with E-state index in [2.05, 4.69) is 20.6 Å². The zero-order valence-corrected chi connectivity index (χ0v) is 17.8. The summed E-state index contributed by atoms with van der Waals surface area (Å²) < 4.78 is 5.26. The number of amides is 2. The molecule has 7 heteroatoms. The van der Waals surface area contributed by atoms with E-state index >= 15 is 0 Å². The number of ether oxygens (including phenoxy) is 1. The van der Waals surface area contributed by atoms with Gasteiger partial charge in [0.2, 0.25) is 0 Å². The predicted octanol–water partition coefficient (Wildman–Crippen LogP) is 4.78.